The minimum Gasteiger partial charge on any atom is -0.344 e. The Labute approximate surface area is 427 Å². The van der Waals surface area contributed by atoms with Crippen molar-refractivity contribution >= 4 is 93.9 Å². The number of rotatable bonds is 10. The lowest BCUT2D eigenvalue weighted by Crippen LogP contribution is -2.10. The molecule has 1 unspecified atom stereocenters. The van der Waals surface area contributed by atoms with Crippen molar-refractivity contribution < 1.29 is 0 Å². The zero-order chi connectivity index (χ0) is 49.0. The molecule has 1 aliphatic carbocycles. The lowest BCUT2D eigenvalue weighted by atomic mass is 9.91. The van der Waals surface area contributed by atoms with E-state index in [1.54, 1.807) is 0 Å². The summed E-state index contributed by atoms with van der Waals surface area (Å²) in [6.07, 6.45) is 8.08. The van der Waals surface area contributed by atoms with Crippen LogP contribution in [0.2, 0.25) is 0 Å². The van der Waals surface area contributed by atoms with Crippen LogP contribution in [0.15, 0.2) is 255 Å². The van der Waals surface area contributed by atoms with E-state index in [-0.39, 0.29) is 5.92 Å². The second-order valence-electron chi connectivity index (χ2n) is 19.5. The fraction of sp³-hybridized carbons (Fsp3) is 0.0725. The monoisotopic (exact) mass is 938 g/mol. The first-order valence-corrected chi connectivity index (χ1v) is 25.4. The van der Waals surface area contributed by atoms with Crippen LogP contribution in [0.1, 0.15) is 17.9 Å². The highest BCUT2D eigenvalue weighted by atomic mass is 15.1. The van der Waals surface area contributed by atoms with Crippen LogP contribution in [0, 0.1) is 0 Å². The van der Waals surface area contributed by atoms with Crippen molar-refractivity contribution in [3.63, 3.8) is 0 Å². The van der Waals surface area contributed by atoms with Crippen molar-refractivity contribution in [2.75, 3.05) is 35.8 Å². The molecule has 0 aliphatic heterocycles. The smallest absolute Gasteiger partial charge is 0.0541 e. The molecule has 11 aromatic carbocycles. The van der Waals surface area contributed by atoms with Gasteiger partial charge in [0.1, 0.15) is 0 Å². The van der Waals surface area contributed by atoms with E-state index in [4.69, 9.17) is 0 Å². The minimum absolute atomic E-state index is 0.289. The third kappa shape index (κ3) is 7.89. The van der Waals surface area contributed by atoms with Crippen LogP contribution in [-0.4, -0.2) is 25.7 Å². The van der Waals surface area contributed by atoms with Crippen molar-refractivity contribution in [1.82, 2.24) is 4.57 Å². The molecule has 4 heteroatoms. The van der Waals surface area contributed by atoms with Crippen molar-refractivity contribution in [2.24, 2.45) is 0 Å². The standard InChI is InChI=1S/C69H54N4/c1-70(65-22-10-16-51-13-4-7-19-60(51)65)56-35-25-47(26-36-56)48-31-41-59(42-32-48)73-68-43-33-54(49-27-37-57(38-28-49)71(2)66-23-11-17-52-14-5-8-20-61(52)66)45-63(68)64-46-55(34-44-69(64)73)50-29-39-58(40-30-50)72(3)67-24-12-18-53-15-6-9-21-62(53)67/h4-31,33-46,48H,32H2,1-3H3. The van der Waals surface area contributed by atoms with Gasteiger partial charge in [-0.3, -0.25) is 0 Å². The van der Waals surface area contributed by atoms with E-state index >= 15 is 0 Å². The fourth-order valence-corrected chi connectivity index (χ4v) is 11.3. The number of fused-ring (bicyclic) bond motifs is 6. The number of aromatic nitrogens is 1. The normalized spacial score (nSPS) is 13.5. The van der Waals surface area contributed by atoms with Crippen LogP contribution in [0.3, 0.4) is 0 Å². The molecule has 0 bridgehead atoms. The SMILES string of the molecule is CN(c1ccc(-c2ccc3c(c2)c2cc(-c4ccc(N(C)c5cccc6ccccc56)cc4)ccc2n3C2=CCC(c3ccc(N(C)c4cccc5ccccc45)cc3)C=C2)cc1)c1cccc2ccccc12. The Morgan fingerprint density at radius 3 is 1.12 bits per heavy atom. The first-order valence-electron chi connectivity index (χ1n) is 25.4. The van der Waals surface area contributed by atoms with Crippen LogP contribution in [0.25, 0.3) is 82.1 Å². The summed E-state index contributed by atoms with van der Waals surface area (Å²) in [6.45, 7) is 0. The van der Waals surface area contributed by atoms with Crippen LogP contribution in [0.4, 0.5) is 34.1 Å². The Morgan fingerprint density at radius 2 is 0.726 bits per heavy atom. The van der Waals surface area contributed by atoms with Gasteiger partial charge < -0.3 is 19.3 Å². The summed E-state index contributed by atoms with van der Waals surface area (Å²) in [7, 11) is 6.48. The average molecular weight is 939 g/mol. The number of allylic oxidation sites excluding steroid dienone is 4. The number of hydrogen-bond donors (Lipinski definition) is 0. The van der Waals surface area contributed by atoms with Gasteiger partial charge in [-0.25, -0.2) is 0 Å². The predicted octanol–water partition coefficient (Wildman–Crippen LogP) is 18.5. The molecule has 4 nitrogen and oxygen atoms in total. The van der Waals surface area contributed by atoms with Crippen LogP contribution in [0.5, 0.6) is 0 Å². The van der Waals surface area contributed by atoms with Gasteiger partial charge in [-0.05, 0) is 135 Å². The minimum atomic E-state index is 0.289. The Morgan fingerprint density at radius 1 is 0.356 bits per heavy atom. The third-order valence-electron chi connectivity index (χ3n) is 15.4. The molecular formula is C69H54N4. The van der Waals surface area contributed by atoms with Crippen molar-refractivity contribution in [1.29, 1.82) is 0 Å². The van der Waals surface area contributed by atoms with E-state index in [0.717, 1.165) is 17.8 Å². The lowest BCUT2D eigenvalue weighted by Gasteiger charge is -2.23. The van der Waals surface area contributed by atoms with Crippen LogP contribution in [-0.2, 0) is 0 Å². The molecule has 350 valence electrons. The van der Waals surface area contributed by atoms with Crippen LogP contribution < -0.4 is 14.7 Å². The van der Waals surface area contributed by atoms with Gasteiger partial charge in [0.15, 0.2) is 0 Å². The zero-order valence-corrected chi connectivity index (χ0v) is 41.3. The molecule has 1 aliphatic rings. The molecule has 0 fully saturated rings. The number of anilines is 6. The van der Waals surface area contributed by atoms with E-state index in [9.17, 15) is 0 Å². The van der Waals surface area contributed by atoms with E-state index in [1.165, 1.54) is 110 Å². The van der Waals surface area contributed by atoms with Crippen molar-refractivity contribution in [3.05, 3.63) is 260 Å². The molecule has 1 heterocycles. The molecular weight excluding hydrogens is 885 g/mol. The molecule has 12 aromatic rings. The maximum atomic E-state index is 2.47. The second-order valence-corrected chi connectivity index (χ2v) is 19.5. The Kier molecular flexibility index (Phi) is 11.0. The lowest BCUT2D eigenvalue weighted by molar-refractivity contribution is 0.850. The van der Waals surface area contributed by atoms with Gasteiger partial charge >= 0.3 is 0 Å². The highest BCUT2D eigenvalue weighted by molar-refractivity contribution is 6.13. The maximum Gasteiger partial charge on any atom is 0.0541 e. The zero-order valence-electron chi connectivity index (χ0n) is 41.3. The van der Waals surface area contributed by atoms with Gasteiger partial charge in [-0.15, -0.1) is 0 Å². The van der Waals surface area contributed by atoms with Gasteiger partial charge in [-0.1, -0.05) is 170 Å². The molecule has 13 rings (SSSR count). The number of benzene rings is 11. The highest BCUT2D eigenvalue weighted by Gasteiger charge is 2.20. The highest BCUT2D eigenvalue weighted by Crippen LogP contribution is 2.41. The molecule has 73 heavy (non-hydrogen) atoms. The first kappa shape index (κ1) is 43.9. The quantitative estimate of drug-likeness (QED) is 0.136. The van der Waals surface area contributed by atoms with Crippen molar-refractivity contribution in [3.8, 4) is 22.3 Å². The van der Waals surface area contributed by atoms with Crippen molar-refractivity contribution in [2.45, 2.75) is 12.3 Å². The molecule has 0 spiro atoms. The molecule has 1 atom stereocenters. The van der Waals surface area contributed by atoms with Gasteiger partial charge in [0.25, 0.3) is 0 Å². The third-order valence-corrected chi connectivity index (χ3v) is 15.4. The molecule has 0 saturated carbocycles. The van der Waals surface area contributed by atoms with Gasteiger partial charge in [0, 0.05) is 93.8 Å². The molecule has 1 aromatic heterocycles. The largest absolute Gasteiger partial charge is 0.344 e. The average Bonchev–Trinajstić information content (AvgIpc) is 3.79. The Balaban J connectivity index is 0.832. The summed E-state index contributed by atoms with van der Waals surface area (Å²) in [6, 6.07) is 86.6. The van der Waals surface area contributed by atoms with Crippen LogP contribution >= 0.6 is 0 Å². The van der Waals surface area contributed by atoms with Gasteiger partial charge in [0.2, 0.25) is 0 Å². The van der Waals surface area contributed by atoms with E-state index in [2.05, 4.69) is 295 Å². The Hall–Kier alpha value is -9.12. The van der Waals surface area contributed by atoms with Gasteiger partial charge in [-0.2, -0.15) is 0 Å². The Bertz CT molecular complexity index is 3900. The summed E-state index contributed by atoms with van der Waals surface area (Å²) in [4.78, 5) is 6.87. The van der Waals surface area contributed by atoms with E-state index in [0.29, 0.717) is 0 Å². The summed E-state index contributed by atoms with van der Waals surface area (Å²) in [5.74, 6) is 0.289. The van der Waals surface area contributed by atoms with Gasteiger partial charge in [0.05, 0.1) is 11.0 Å². The topological polar surface area (TPSA) is 14.7 Å². The summed E-state index contributed by atoms with van der Waals surface area (Å²) in [5, 5.41) is 9.96. The number of hydrogen-bond acceptors (Lipinski definition) is 3. The fourth-order valence-electron chi connectivity index (χ4n) is 11.3. The summed E-state index contributed by atoms with van der Waals surface area (Å²) >= 11 is 0. The molecule has 0 amide bonds. The number of nitrogens with zero attached hydrogens (tertiary/aromatic N) is 4. The summed E-state index contributed by atoms with van der Waals surface area (Å²) < 4.78 is 2.47. The summed E-state index contributed by atoms with van der Waals surface area (Å²) in [5.41, 5.74) is 16.7. The molecule has 0 N–H and O–H groups in total. The maximum absolute atomic E-state index is 2.47. The molecule has 0 radical (unpaired) electrons. The van der Waals surface area contributed by atoms with E-state index < -0.39 is 0 Å². The van der Waals surface area contributed by atoms with E-state index in [1.807, 2.05) is 0 Å². The predicted molar refractivity (Wildman–Crippen MR) is 314 cm³/mol. The first-order chi connectivity index (χ1) is 35.9. The second kappa shape index (κ2) is 18.2. The molecule has 0 saturated heterocycles.